The van der Waals surface area contributed by atoms with Crippen LogP contribution in [0, 0.1) is 28.1 Å². The van der Waals surface area contributed by atoms with Gasteiger partial charge in [-0.05, 0) is 56.1 Å². The number of hydrogen-bond donors (Lipinski definition) is 0. The predicted molar refractivity (Wildman–Crippen MR) is 163 cm³/mol. The van der Waals surface area contributed by atoms with Crippen LogP contribution in [0.1, 0.15) is 143 Å². The molecule has 0 radical (unpaired) electrons. The molecule has 5 nitrogen and oxygen atoms in total. The number of carbonyl (C=O) groups excluding carboxylic acids is 4. The summed E-state index contributed by atoms with van der Waals surface area (Å²) in [6.45, 7) is 20.2. The molecule has 1 unspecified atom stereocenters. The lowest BCUT2D eigenvalue weighted by Crippen LogP contribution is -2.48. The fourth-order valence-electron chi connectivity index (χ4n) is 4.96. The van der Waals surface area contributed by atoms with Gasteiger partial charge in [0.05, 0.1) is 17.2 Å². The molecule has 1 aliphatic carbocycles. The van der Waals surface area contributed by atoms with Gasteiger partial charge >= 0.3 is 0 Å². The minimum atomic E-state index is -0.690. The molecule has 222 valence electrons. The molecule has 0 saturated heterocycles. The minimum absolute atomic E-state index is 0. The second kappa shape index (κ2) is 13.9. The molecule has 3 rings (SSSR count). The van der Waals surface area contributed by atoms with Crippen molar-refractivity contribution in [2.45, 2.75) is 129 Å². The highest BCUT2D eigenvalue weighted by atomic mass is 16.2. The lowest BCUT2D eigenvalue weighted by Gasteiger charge is -2.31. The van der Waals surface area contributed by atoms with E-state index in [9.17, 15) is 19.2 Å². The van der Waals surface area contributed by atoms with Crippen LogP contribution in [-0.2, 0) is 9.59 Å². The molecule has 0 bridgehead atoms. The van der Waals surface area contributed by atoms with Gasteiger partial charge in [-0.3, -0.25) is 24.1 Å². The van der Waals surface area contributed by atoms with Crippen LogP contribution >= 0.6 is 0 Å². The van der Waals surface area contributed by atoms with Crippen molar-refractivity contribution in [2.24, 2.45) is 28.1 Å². The van der Waals surface area contributed by atoms with Gasteiger partial charge in [-0.15, -0.1) is 0 Å². The van der Waals surface area contributed by atoms with Gasteiger partial charge in [-0.1, -0.05) is 103 Å². The van der Waals surface area contributed by atoms with E-state index in [0.29, 0.717) is 29.2 Å². The predicted octanol–water partition coefficient (Wildman–Crippen LogP) is 8.79. The summed E-state index contributed by atoms with van der Waals surface area (Å²) in [4.78, 5) is 51.6. The fraction of sp³-hybridized carbons (Fsp3) is 0.706. The first-order valence-electron chi connectivity index (χ1n) is 14.0. The third-order valence-corrected chi connectivity index (χ3v) is 7.41. The van der Waals surface area contributed by atoms with Gasteiger partial charge in [0.25, 0.3) is 11.8 Å². The maximum absolute atomic E-state index is 12.9. The Kier molecular flexibility index (Phi) is 13.0. The molecule has 2 aliphatic rings. The van der Waals surface area contributed by atoms with Crippen molar-refractivity contribution in [3.8, 4) is 0 Å². The Labute approximate surface area is 239 Å². The largest absolute Gasteiger partial charge is 0.298 e. The monoisotopic (exact) mass is 543 g/mol. The van der Waals surface area contributed by atoms with E-state index in [4.69, 9.17) is 0 Å². The van der Waals surface area contributed by atoms with Crippen LogP contribution in [0.15, 0.2) is 24.3 Å². The van der Waals surface area contributed by atoms with E-state index < -0.39 is 11.5 Å². The van der Waals surface area contributed by atoms with Gasteiger partial charge < -0.3 is 0 Å². The Morgan fingerprint density at radius 2 is 1.21 bits per heavy atom. The van der Waals surface area contributed by atoms with Crippen LogP contribution < -0.4 is 0 Å². The van der Waals surface area contributed by atoms with Crippen LogP contribution in [0.4, 0.5) is 0 Å². The van der Waals surface area contributed by atoms with Crippen molar-refractivity contribution in [1.82, 2.24) is 4.90 Å². The Morgan fingerprint density at radius 3 is 1.54 bits per heavy atom. The third-order valence-electron chi connectivity index (χ3n) is 7.41. The summed E-state index contributed by atoms with van der Waals surface area (Å²) in [5, 5.41) is 0. The van der Waals surface area contributed by atoms with Gasteiger partial charge in [-0.25, -0.2) is 0 Å². The molecular formula is C34H57NO4. The molecule has 0 aromatic heterocycles. The topological polar surface area (TPSA) is 71.5 Å². The molecule has 5 heteroatoms. The summed E-state index contributed by atoms with van der Waals surface area (Å²) >= 11 is 0. The summed E-state index contributed by atoms with van der Waals surface area (Å²) in [6.07, 6.45) is 5.88. The molecule has 0 spiro atoms. The average Bonchev–Trinajstić information content (AvgIpc) is 3.54. The number of amides is 2. The number of rotatable bonds is 9. The smallest absolute Gasteiger partial charge is 0.262 e. The highest BCUT2D eigenvalue weighted by Crippen LogP contribution is 2.54. The minimum Gasteiger partial charge on any atom is -0.298 e. The van der Waals surface area contributed by atoms with E-state index >= 15 is 0 Å². The number of benzene rings is 1. The van der Waals surface area contributed by atoms with Crippen LogP contribution in [0.2, 0.25) is 0 Å². The molecule has 0 N–H and O–H groups in total. The summed E-state index contributed by atoms with van der Waals surface area (Å²) in [5.74, 6) is 0.855. The number of fused-ring (bicyclic) bond motifs is 1. The molecule has 1 fully saturated rings. The van der Waals surface area contributed by atoms with Crippen molar-refractivity contribution in [1.29, 1.82) is 0 Å². The average molecular weight is 544 g/mol. The Bertz CT molecular complexity index is 968. The molecule has 2 amide bonds. The van der Waals surface area contributed by atoms with Crippen molar-refractivity contribution in [3.05, 3.63) is 35.4 Å². The summed E-state index contributed by atoms with van der Waals surface area (Å²) < 4.78 is 0. The van der Waals surface area contributed by atoms with E-state index in [1.54, 1.807) is 24.3 Å². The summed E-state index contributed by atoms with van der Waals surface area (Å²) in [6, 6.07) is 6.09. The van der Waals surface area contributed by atoms with Crippen LogP contribution in [0.25, 0.3) is 0 Å². The first kappa shape index (κ1) is 36.7. The van der Waals surface area contributed by atoms with Crippen LogP contribution in [-0.4, -0.2) is 34.3 Å². The fourth-order valence-corrected chi connectivity index (χ4v) is 4.96. The maximum Gasteiger partial charge on any atom is 0.262 e. The number of ketones is 2. The van der Waals surface area contributed by atoms with Crippen molar-refractivity contribution in [2.75, 3.05) is 0 Å². The molecule has 1 aromatic carbocycles. The lowest BCUT2D eigenvalue weighted by atomic mass is 9.78. The number of hydrogen-bond acceptors (Lipinski definition) is 4. The quantitative estimate of drug-likeness (QED) is 0.292. The Hall–Kier alpha value is -2.30. The van der Waals surface area contributed by atoms with Gasteiger partial charge in [0, 0.05) is 16.2 Å². The molecular weight excluding hydrogens is 486 g/mol. The van der Waals surface area contributed by atoms with E-state index in [2.05, 4.69) is 27.7 Å². The first-order chi connectivity index (χ1) is 16.9. The van der Waals surface area contributed by atoms with Gasteiger partial charge in [0.15, 0.2) is 5.78 Å². The highest BCUT2D eigenvalue weighted by molar-refractivity contribution is 6.23. The first-order valence-corrected chi connectivity index (χ1v) is 14.0. The SMILES string of the molecule is C.C.CC(C)CCC(C(=O)C(C)(C)C)N1C(=O)c2ccccc2C1=O.CC(C)CCC1(C(=O)C(C)(C)C)CC1. The second-order valence-electron chi connectivity index (χ2n) is 13.9. The standard InChI is InChI=1S/C19H25NO3.C13H24O.2CH4/c1-12(2)10-11-15(16(21)19(3,4)5)20-17(22)13-8-6-7-9-14(13)18(20)23;1-10(2)6-7-13(8-9-13)11(14)12(3,4)5;;/h6-9,12,15H,10-11H2,1-5H3;10H,6-9H2,1-5H3;2*1H4. The molecule has 1 atom stereocenters. The number of Topliss-reactive ketones (excluding diaryl/α,β-unsaturated/α-hetero) is 2. The molecule has 39 heavy (non-hydrogen) atoms. The number of imide groups is 1. The van der Waals surface area contributed by atoms with Gasteiger partial charge in [-0.2, -0.15) is 0 Å². The zero-order valence-corrected chi connectivity index (χ0v) is 24.9. The lowest BCUT2D eigenvalue weighted by molar-refractivity contribution is -0.132. The van der Waals surface area contributed by atoms with Gasteiger partial charge in [0.1, 0.15) is 5.78 Å². The Morgan fingerprint density at radius 1 is 0.769 bits per heavy atom. The van der Waals surface area contributed by atoms with Gasteiger partial charge in [0.2, 0.25) is 0 Å². The second-order valence-corrected chi connectivity index (χ2v) is 13.9. The maximum atomic E-state index is 12.9. The Balaban J connectivity index is 0.000000783. The third kappa shape index (κ3) is 9.11. The summed E-state index contributed by atoms with van der Waals surface area (Å²) in [5.41, 5.74) is 0.134. The van der Waals surface area contributed by atoms with Crippen LogP contribution in [0.3, 0.4) is 0 Å². The van der Waals surface area contributed by atoms with Crippen molar-refractivity contribution >= 4 is 23.4 Å². The summed E-state index contributed by atoms with van der Waals surface area (Å²) in [7, 11) is 0. The van der Waals surface area contributed by atoms with E-state index in [1.807, 2.05) is 41.5 Å². The van der Waals surface area contributed by atoms with Crippen molar-refractivity contribution in [3.63, 3.8) is 0 Å². The highest BCUT2D eigenvalue weighted by Gasteiger charge is 2.52. The normalized spacial score (nSPS) is 16.6. The zero-order valence-electron chi connectivity index (χ0n) is 24.9. The van der Waals surface area contributed by atoms with E-state index in [-0.39, 0.29) is 43.3 Å². The molecule has 1 aromatic rings. The number of nitrogens with zero attached hydrogens (tertiary/aromatic N) is 1. The molecule has 1 aliphatic heterocycles. The van der Waals surface area contributed by atoms with E-state index in [1.165, 1.54) is 11.3 Å². The number of carbonyl (C=O) groups is 4. The van der Waals surface area contributed by atoms with Crippen LogP contribution in [0.5, 0.6) is 0 Å². The molecule has 1 saturated carbocycles. The van der Waals surface area contributed by atoms with Crippen molar-refractivity contribution < 1.29 is 19.2 Å². The zero-order chi connectivity index (χ0) is 28.3. The van der Waals surface area contributed by atoms with E-state index in [0.717, 1.165) is 31.6 Å². The molecule has 1 heterocycles.